The van der Waals surface area contributed by atoms with Crippen molar-refractivity contribution in [3.05, 3.63) is 29.8 Å². The third-order valence-electron chi connectivity index (χ3n) is 4.13. The minimum atomic E-state index is -3.44. The summed E-state index contributed by atoms with van der Waals surface area (Å²) in [5.41, 5.74) is 0.697. The highest BCUT2D eigenvalue weighted by atomic mass is 32.2. The van der Waals surface area contributed by atoms with Gasteiger partial charge in [0.1, 0.15) is 0 Å². The predicted octanol–water partition coefficient (Wildman–Crippen LogP) is 2.80. The summed E-state index contributed by atoms with van der Waals surface area (Å²) < 4.78 is 28.1. The van der Waals surface area contributed by atoms with E-state index in [2.05, 4.69) is 10.0 Å². The molecule has 21 heavy (non-hydrogen) atoms. The van der Waals surface area contributed by atoms with Gasteiger partial charge in [0.2, 0.25) is 10.0 Å². The van der Waals surface area contributed by atoms with Crippen LogP contribution >= 0.6 is 0 Å². The molecule has 118 valence electrons. The largest absolute Gasteiger partial charge is 0.313 e. The second-order valence-corrected chi connectivity index (χ2v) is 7.84. The molecule has 5 heteroatoms. The van der Waals surface area contributed by atoms with Crippen molar-refractivity contribution in [2.24, 2.45) is 0 Å². The average molecular weight is 310 g/mol. The highest BCUT2D eigenvalue weighted by Gasteiger charge is 2.32. The number of sulfonamides is 1. The Hall–Kier alpha value is -0.910. The van der Waals surface area contributed by atoms with Crippen LogP contribution in [0.25, 0.3) is 0 Å². The Morgan fingerprint density at radius 3 is 2.57 bits per heavy atom. The molecule has 1 aromatic carbocycles. The van der Waals surface area contributed by atoms with E-state index in [1.165, 1.54) is 6.42 Å². The first-order valence-corrected chi connectivity index (χ1v) is 9.27. The van der Waals surface area contributed by atoms with Gasteiger partial charge in [-0.1, -0.05) is 38.3 Å². The Labute approximate surface area is 128 Å². The lowest BCUT2D eigenvalue weighted by Gasteiger charge is -2.34. The first-order chi connectivity index (χ1) is 9.95. The monoisotopic (exact) mass is 310 g/mol. The van der Waals surface area contributed by atoms with E-state index in [9.17, 15) is 8.42 Å². The molecular formula is C16H26N2O2S. The maximum atomic E-state index is 12.6. The molecular weight excluding hydrogens is 284 g/mol. The van der Waals surface area contributed by atoms with Crippen LogP contribution in [0.3, 0.4) is 0 Å². The summed E-state index contributed by atoms with van der Waals surface area (Å²) in [6.07, 6.45) is 5.24. The van der Waals surface area contributed by atoms with Gasteiger partial charge in [-0.3, -0.25) is 0 Å². The van der Waals surface area contributed by atoms with Crippen LogP contribution in [-0.2, 0) is 16.6 Å². The summed E-state index contributed by atoms with van der Waals surface area (Å²) in [5.74, 6) is 0. The quantitative estimate of drug-likeness (QED) is 0.849. The molecule has 1 aromatic rings. The Kier molecular flexibility index (Phi) is 5.41. The van der Waals surface area contributed by atoms with Gasteiger partial charge in [0.05, 0.1) is 4.90 Å². The molecule has 0 bridgehead atoms. The van der Waals surface area contributed by atoms with Crippen molar-refractivity contribution in [2.75, 3.05) is 6.54 Å². The van der Waals surface area contributed by atoms with Gasteiger partial charge in [-0.2, -0.15) is 0 Å². The number of rotatable bonds is 6. The van der Waals surface area contributed by atoms with Crippen LogP contribution in [0, 0.1) is 0 Å². The van der Waals surface area contributed by atoms with Crippen LogP contribution < -0.4 is 10.0 Å². The molecule has 1 aliphatic rings. The molecule has 1 aliphatic carbocycles. The SMILES string of the molecule is CCNCc1cccc(S(=O)(=O)NC2(C)CCCCC2)c1. The second kappa shape index (κ2) is 6.90. The van der Waals surface area contributed by atoms with Gasteiger partial charge in [-0.25, -0.2) is 13.1 Å². The van der Waals surface area contributed by atoms with Crippen molar-refractivity contribution >= 4 is 10.0 Å². The normalized spacial score (nSPS) is 18.6. The zero-order chi connectivity index (χ0) is 15.3. The molecule has 0 aliphatic heterocycles. The Morgan fingerprint density at radius 2 is 1.90 bits per heavy atom. The first-order valence-electron chi connectivity index (χ1n) is 7.79. The van der Waals surface area contributed by atoms with Crippen molar-refractivity contribution < 1.29 is 8.42 Å². The summed E-state index contributed by atoms with van der Waals surface area (Å²) >= 11 is 0. The number of hydrogen-bond donors (Lipinski definition) is 2. The maximum absolute atomic E-state index is 12.6. The minimum Gasteiger partial charge on any atom is -0.313 e. The van der Waals surface area contributed by atoms with Crippen LogP contribution in [0.15, 0.2) is 29.2 Å². The third kappa shape index (κ3) is 4.53. The molecule has 0 atom stereocenters. The minimum absolute atomic E-state index is 0.297. The molecule has 1 fully saturated rings. The predicted molar refractivity (Wildman–Crippen MR) is 85.6 cm³/mol. The molecule has 0 aromatic heterocycles. The topological polar surface area (TPSA) is 58.2 Å². The average Bonchev–Trinajstić information content (AvgIpc) is 2.45. The standard InChI is InChI=1S/C16H26N2O2S/c1-3-17-13-14-8-7-9-15(12-14)21(19,20)18-16(2)10-5-4-6-11-16/h7-9,12,17-18H,3-6,10-11,13H2,1-2H3. The van der Waals surface area contributed by atoms with Gasteiger partial charge in [0.15, 0.2) is 0 Å². The molecule has 0 unspecified atom stereocenters. The third-order valence-corrected chi connectivity index (χ3v) is 5.76. The number of nitrogens with one attached hydrogen (secondary N) is 2. The van der Waals surface area contributed by atoms with Crippen LogP contribution in [0.4, 0.5) is 0 Å². The van der Waals surface area contributed by atoms with E-state index in [1.54, 1.807) is 12.1 Å². The van der Waals surface area contributed by atoms with E-state index in [4.69, 9.17) is 0 Å². The molecule has 2 rings (SSSR count). The van der Waals surface area contributed by atoms with Crippen molar-refractivity contribution in [1.82, 2.24) is 10.0 Å². The van der Waals surface area contributed by atoms with Crippen molar-refractivity contribution in [1.29, 1.82) is 0 Å². The molecule has 4 nitrogen and oxygen atoms in total. The Balaban J connectivity index is 2.15. The lowest BCUT2D eigenvalue weighted by atomic mass is 9.84. The van der Waals surface area contributed by atoms with Crippen LogP contribution in [-0.4, -0.2) is 20.5 Å². The van der Waals surface area contributed by atoms with E-state index in [1.807, 2.05) is 26.0 Å². The second-order valence-electron chi connectivity index (χ2n) is 6.15. The highest BCUT2D eigenvalue weighted by Crippen LogP contribution is 2.29. The molecule has 0 amide bonds. The fourth-order valence-electron chi connectivity index (χ4n) is 2.91. The smallest absolute Gasteiger partial charge is 0.241 e. The van der Waals surface area contributed by atoms with Gasteiger partial charge >= 0.3 is 0 Å². The summed E-state index contributed by atoms with van der Waals surface area (Å²) in [6.45, 7) is 5.61. The molecule has 0 radical (unpaired) electrons. The van der Waals surface area contributed by atoms with Crippen LogP contribution in [0.5, 0.6) is 0 Å². The van der Waals surface area contributed by atoms with Gasteiger partial charge in [-0.15, -0.1) is 0 Å². The highest BCUT2D eigenvalue weighted by molar-refractivity contribution is 7.89. The fourth-order valence-corrected chi connectivity index (χ4v) is 4.44. The van der Waals surface area contributed by atoms with Crippen LogP contribution in [0.1, 0.15) is 51.5 Å². The number of benzene rings is 1. The Morgan fingerprint density at radius 1 is 1.19 bits per heavy atom. The lowest BCUT2D eigenvalue weighted by molar-refractivity contribution is 0.294. The van der Waals surface area contributed by atoms with Gasteiger partial charge < -0.3 is 5.32 Å². The molecule has 0 saturated heterocycles. The first kappa shape index (κ1) is 16.5. The van der Waals surface area contributed by atoms with Gasteiger partial charge in [0.25, 0.3) is 0 Å². The maximum Gasteiger partial charge on any atom is 0.241 e. The summed E-state index contributed by atoms with van der Waals surface area (Å²) in [6, 6.07) is 7.19. The van der Waals surface area contributed by atoms with E-state index in [-0.39, 0.29) is 5.54 Å². The van der Waals surface area contributed by atoms with Gasteiger partial charge in [0, 0.05) is 12.1 Å². The van der Waals surface area contributed by atoms with Crippen molar-refractivity contribution in [3.63, 3.8) is 0 Å². The van der Waals surface area contributed by atoms with E-state index in [0.717, 1.165) is 37.8 Å². The zero-order valence-electron chi connectivity index (χ0n) is 13.0. The van der Waals surface area contributed by atoms with Crippen molar-refractivity contribution in [2.45, 2.75) is 62.9 Å². The van der Waals surface area contributed by atoms with E-state index < -0.39 is 10.0 Å². The number of hydrogen-bond acceptors (Lipinski definition) is 3. The Bertz CT molecular complexity index is 563. The van der Waals surface area contributed by atoms with Crippen molar-refractivity contribution in [3.8, 4) is 0 Å². The van der Waals surface area contributed by atoms with Gasteiger partial charge in [-0.05, 0) is 44.0 Å². The molecule has 2 N–H and O–H groups in total. The fraction of sp³-hybridized carbons (Fsp3) is 0.625. The zero-order valence-corrected chi connectivity index (χ0v) is 13.8. The molecule has 1 saturated carbocycles. The lowest BCUT2D eigenvalue weighted by Crippen LogP contribution is -2.47. The van der Waals surface area contributed by atoms with E-state index >= 15 is 0 Å². The van der Waals surface area contributed by atoms with E-state index in [0.29, 0.717) is 11.4 Å². The molecule has 0 spiro atoms. The summed E-state index contributed by atoms with van der Waals surface area (Å²) in [7, 11) is -3.44. The summed E-state index contributed by atoms with van der Waals surface area (Å²) in [5, 5.41) is 3.22. The summed E-state index contributed by atoms with van der Waals surface area (Å²) in [4.78, 5) is 0.365. The molecule has 0 heterocycles. The van der Waals surface area contributed by atoms with Crippen LogP contribution in [0.2, 0.25) is 0 Å².